The molecule has 0 bridgehead atoms. The molecule has 0 unspecified atom stereocenters. The lowest BCUT2D eigenvalue weighted by molar-refractivity contribution is -0.199. The number of hydrogen-bond donors (Lipinski definition) is 0. The van der Waals surface area contributed by atoms with Crippen molar-refractivity contribution in [3.8, 4) is 0 Å². The van der Waals surface area contributed by atoms with Crippen LogP contribution in [0.25, 0.3) is 0 Å². The monoisotopic (exact) mass is 263 g/mol. The average Bonchev–Trinajstić information content (AvgIpc) is 2.94. The Morgan fingerprint density at radius 3 is 2.11 bits per heavy atom. The van der Waals surface area contributed by atoms with Crippen LogP contribution in [0, 0.1) is 17.8 Å². The van der Waals surface area contributed by atoms with Crippen LogP contribution in [0.2, 0.25) is 0 Å². The molecule has 0 aromatic rings. The third-order valence-electron chi connectivity index (χ3n) is 4.29. The lowest BCUT2D eigenvalue weighted by Crippen LogP contribution is -2.33. The van der Waals surface area contributed by atoms with E-state index in [1.165, 1.54) is 0 Å². The maximum atomic E-state index is 12.1. The van der Waals surface area contributed by atoms with Crippen molar-refractivity contribution >= 4 is 17.8 Å². The number of rotatable bonds is 2. The minimum atomic E-state index is -0.405. The van der Waals surface area contributed by atoms with E-state index in [4.69, 9.17) is 4.84 Å². The molecule has 1 heterocycles. The largest absolute Gasteiger partial charge is 0.336 e. The van der Waals surface area contributed by atoms with Gasteiger partial charge in [0.1, 0.15) is 0 Å². The molecule has 5 nitrogen and oxygen atoms in total. The van der Waals surface area contributed by atoms with Gasteiger partial charge >= 0.3 is 5.97 Å². The van der Waals surface area contributed by atoms with E-state index >= 15 is 0 Å². The number of carbonyl (C=O) groups excluding carboxylic acids is 3. The zero-order valence-electron chi connectivity index (χ0n) is 10.7. The highest BCUT2D eigenvalue weighted by Gasteiger charge is 2.55. The van der Waals surface area contributed by atoms with Gasteiger partial charge in [-0.1, -0.05) is 12.2 Å². The van der Waals surface area contributed by atoms with Crippen LogP contribution in [0.3, 0.4) is 0 Å². The number of nitrogens with zero attached hydrogens (tertiary/aromatic N) is 1. The second-order valence-corrected chi connectivity index (χ2v) is 5.47. The summed E-state index contributed by atoms with van der Waals surface area (Å²) in [5.74, 6) is -0.603. The van der Waals surface area contributed by atoms with Crippen molar-refractivity contribution in [3.05, 3.63) is 12.2 Å². The third kappa shape index (κ3) is 2.29. The molecule has 1 saturated carbocycles. The molecule has 3 atom stereocenters. The van der Waals surface area contributed by atoms with Gasteiger partial charge < -0.3 is 4.84 Å². The number of hydrogen-bond acceptors (Lipinski definition) is 4. The summed E-state index contributed by atoms with van der Waals surface area (Å²) < 4.78 is 0. The second kappa shape index (κ2) is 4.79. The lowest BCUT2D eigenvalue weighted by atomic mass is 10.1. The predicted molar refractivity (Wildman–Crippen MR) is 65.3 cm³/mol. The van der Waals surface area contributed by atoms with Crippen LogP contribution < -0.4 is 0 Å². The molecule has 0 N–H and O–H groups in total. The van der Waals surface area contributed by atoms with Gasteiger partial charge in [0.05, 0.1) is 5.92 Å². The van der Waals surface area contributed by atoms with Gasteiger partial charge in [0, 0.05) is 12.8 Å². The van der Waals surface area contributed by atoms with Crippen LogP contribution in [0.15, 0.2) is 12.2 Å². The Balaban J connectivity index is 1.60. The number of fused-ring (bicyclic) bond motifs is 1. The molecule has 3 rings (SSSR count). The number of carbonyl (C=O) groups is 3. The molecule has 0 aromatic heterocycles. The normalized spacial score (nSPS) is 35.4. The standard InChI is InChI=1S/C14H17NO4/c16-11-7-8-12(17)15(11)19-14(18)13-9-5-3-1-2-4-6-10(9)13/h1-2,9-10,13H,3-8H2/b2-1+/t9-,10+,13-. The van der Waals surface area contributed by atoms with E-state index in [1.807, 2.05) is 0 Å². The van der Waals surface area contributed by atoms with E-state index in [0.29, 0.717) is 16.9 Å². The summed E-state index contributed by atoms with van der Waals surface area (Å²) in [6, 6.07) is 0. The van der Waals surface area contributed by atoms with Gasteiger partial charge in [-0.2, -0.15) is 0 Å². The van der Waals surface area contributed by atoms with Gasteiger partial charge in [0.25, 0.3) is 11.8 Å². The first-order valence-electron chi connectivity index (χ1n) is 6.91. The molecule has 19 heavy (non-hydrogen) atoms. The van der Waals surface area contributed by atoms with Crippen molar-refractivity contribution in [2.75, 3.05) is 0 Å². The lowest BCUT2D eigenvalue weighted by Gasteiger charge is -2.12. The Morgan fingerprint density at radius 2 is 1.58 bits per heavy atom. The summed E-state index contributed by atoms with van der Waals surface area (Å²) in [6.45, 7) is 0. The Morgan fingerprint density at radius 1 is 1.05 bits per heavy atom. The Hall–Kier alpha value is -1.65. The summed E-state index contributed by atoms with van der Waals surface area (Å²) in [7, 11) is 0. The van der Waals surface area contributed by atoms with E-state index in [9.17, 15) is 14.4 Å². The summed E-state index contributed by atoms with van der Waals surface area (Å²) in [5, 5.41) is 0.659. The number of allylic oxidation sites excluding steroid dienone is 2. The van der Waals surface area contributed by atoms with Gasteiger partial charge in [0.15, 0.2) is 0 Å². The molecule has 1 saturated heterocycles. The van der Waals surface area contributed by atoms with Gasteiger partial charge in [-0.05, 0) is 37.5 Å². The molecule has 3 aliphatic rings. The molecule has 1 aliphatic heterocycles. The molecule has 2 aliphatic carbocycles. The molecule has 0 aromatic carbocycles. The first kappa shape index (κ1) is 12.4. The van der Waals surface area contributed by atoms with Crippen LogP contribution in [0.1, 0.15) is 38.5 Å². The third-order valence-corrected chi connectivity index (χ3v) is 4.29. The van der Waals surface area contributed by atoms with Crippen molar-refractivity contribution in [2.24, 2.45) is 17.8 Å². The zero-order chi connectivity index (χ0) is 13.4. The van der Waals surface area contributed by atoms with Crippen LogP contribution in [-0.2, 0) is 19.2 Å². The molecule has 102 valence electrons. The van der Waals surface area contributed by atoms with Crippen molar-refractivity contribution in [1.29, 1.82) is 0 Å². The highest BCUT2D eigenvalue weighted by Crippen LogP contribution is 2.53. The molecule has 0 spiro atoms. The Bertz CT molecular complexity index is 424. The zero-order valence-corrected chi connectivity index (χ0v) is 10.7. The highest BCUT2D eigenvalue weighted by molar-refractivity contribution is 6.01. The number of hydroxylamine groups is 2. The van der Waals surface area contributed by atoms with Crippen LogP contribution in [0.4, 0.5) is 0 Å². The molecule has 5 heteroatoms. The van der Waals surface area contributed by atoms with Crippen LogP contribution in [0.5, 0.6) is 0 Å². The van der Waals surface area contributed by atoms with Gasteiger partial charge in [-0.3, -0.25) is 9.59 Å². The maximum absolute atomic E-state index is 12.1. The highest BCUT2D eigenvalue weighted by atomic mass is 16.7. The molecule has 0 radical (unpaired) electrons. The van der Waals surface area contributed by atoms with Crippen molar-refractivity contribution in [3.63, 3.8) is 0 Å². The topological polar surface area (TPSA) is 63.7 Å². The molecule has 2 fully saturated rings. The summed E-state index contributed by atoms with van der Waals surface area (Å²) in [4.78, 5) is 39.9. The SMILES string of the molecule is O=C(ON1C(=O)CCC1=O)[C@@H]1[C@@H]2CC/C=C/CC[C@@H]21. The summed E-state index contributed by atoms with van der Waals surface area (Å²) in [5.41, 5.74) is 0. The van der Waals surface area contributed by atoms with E-state index in [-0.39, 0.29) is 18.8 Å². The van der Waals surface area contributed by atoms with Crippen molar-refractivity contribution < 1.29 is 19.2 Å². The fourth-order valence-electron chi connectivity index (χ4n) is 3.20. The van der Waals surface area contributed by atoms with Gasteiger partial charge in [-0.15, -0.1) is 5.06 Å². The first-order valence-corrected chi connectivity index (χ1v) is 6.91. The van der Waals surface area contributed by atoms with E-state index in [0.717, 1.165) is 25.7 Å². The minimum absolute atomic E-state index is 0.124. The molecular weight excluding hydrogens is 246 g/mol. The maximum Gasteiger partial charge on any atom is 0.336 e. The first-order chi connectivity index (χ1) is 9.18. The number of amides is 2. The molecule has 2 amide bonds. The Kier molecular flexibility index (Phi) is 3.12. The fourth-order valence-corrected chi connectivity index (χ4v) is 3.20. The van der Waals surface area contributed by atoms with E-state index < -0.39 is 17.8 Å². The van der Waals surface area contributed by atoms with Crippen LogP contribution >= 0.6 is 0 Å². The summed E-state index contributed by atoms with van der Waals surface area (Å²) >= 11 is 0. The minimum Gasteiger partial charge on any atom is -0.330 e. The van der Waals surface area contributed by atoms with Gasteiger partial charge in [0.2, 0.25) is 0 Å². The van der Waals surface area contributed by atoms with Crippen molar-refractivity contribution in [2.45, 2.75) is 38.5 Å². The second-order valence-electron chi connectivity index (χ2n) is 5.47. The van der Waals surface area contributed by atoms with E-state index in [1.54, 1.807) is 0 Å². The predicted octanol–water partition coefficient (Wildman–Crippen LogP) is 1.59. The van der Waals surface area contributed by atoms with E-state index in [2.05, 4.69) is 12.2 Å². The molecular formula is C14H17NO4. The van der Waals surface area contributed by atoms with Gasteiger partial charge in [-0.25, -0.2) is 4.79 Å². The Labute approximate surface area is 111 Å². The quantitative estimate of drug-likeness (QED) is 0.560. The summed E-state index contributed by atoms with van der Waals surface area (Å²) in [6.07, 6.45) is 8.57. The smallest absolute Gasteiger partial charge is 0.330 e. The number of imide groups is 1. The fraction of sp³-hybridized carbons (Fsp3) is 0.643. The average molecular weight is 263 g/mol. The van der Waals surface area contributed by atoms with Crippen LogP contribution in [-0.4, -0.2) is 22.8 Å². The van der Waals surface area contributed by atoms with Crippen molar-refractivity contribution in [1.82, 2.24) is 5.06 Å².